The van der Waals surface area contributed by atoms with Crippen molar-refractivity contribution in [2.24, 2.45) is 0 Å². The van der Waals surface area contributed by atoms with Crippen LogP contribution >= 0.6 is 0 Å². The highest BCUT2D eigenvalue weighted by Crippen LogP contribution is 2.33. The van der Waals surface area contributed by atoms with Crippen molar-refractivity contribution in [3.05, 3.63) is 59.7 Å². The van der Waals surface area contributed by atoms with E-state index in [9.17, 15) is 26.7 Å². The zero-order chi connectivity index (χ0) is 23.5. The molecule has 1 aliphatic rings. The van der Waals surface area contributed by atoms with E-state index >= 15 is 0 Å². The van der Waals surface area contributed by atoms with Crippen LogP contribution in [0.2, 0.25) is 0 Å². The minimum absolute atomic E-state index is 0.0795. The fourth-order valence-electron chi connectivity index (χ4n) is 3.46. The van der Waals surface area contributed by atoms with E-state index in [4.69, 9.17) is 14.6 Å². The van der Waals surface area contributed by atoms with Crippen molar-refractivity contribution in [1.29, 1.82) is 0 Å². The Hall–Kier alpha value is -2.88. The maximum atomic E-state index is 13.6. The largest absolute Gasteiger partial charge is 0.489 e. The second-order valence-electron chi connectivity index (χ2n) is 7.46. The van der Waals surface area contributed by atoms with Crippen molar-refractivity contribution in [2.75, 3.05) is 18.1 Å². The molecule has 3 rings (SSSR count). The van der Waals surface area contributed by atoms with Gasteiger partial charge in [0.15, 0.2) is 0 Å². The van der Waals surface area contributed by atoms with Crippen LogP contribution in [0, 0.1) is 0 Å². The molecule has 0 aliphatic carbocycles. The van der Waals surface area contributed by atoms with E-state index in [0.29, 0.717) is 12.1 Å². The fraction of sp³-hybridized carbons (Fsp3) is 0.409. The summed E-state index contributed by atoms with van der Waals surface area (Å²) in [4.78, 5) is 12.8. The van der Waals surface area contributed by atoms with Gasteiger partial charge in [-0.1, -0.05) is 6.92 Å². The molecule has 0 saturated carbocycles. The number of hydrogen-bond donors (Lipinski definition) is 1. The van der Waals surface area contributed by atoms with Crippen LogP contribution in [0.3, 0.4) is 0 Å². The zero-order valence-electron chi connectivity index (χ0n) is 17.1. The number of benzene rings is 2. The Labute approximate surface area is 181 Å². The number of nitrogens with zero attached hydrogens (tertiary/aromatic N) is 1. The maximum Gasteiger partial charge on any atom is 0.416 e. The van der Waals surface area contributed by atoms with Crippen molar-refractivity contribution in [1.82, 2.24) is 0 Å². The van der Waals surface area contributed by atoms with E-state index in [1.807, 2.05) is 0 Å². The average Bonchev–Trinajstić information content (AvgIpc) is 3.15. The van der Waals surface area contributed by atoms with Crippen LogP contribution in [0.1, 0.15) is 35.7 Å². The van der Waals surface area contributed by atoms with Gasteiger partial charge in [-0.2, -0.15) is 22.0 Å². The zero-order valence-corrected chi connectivity index (χ0v) is 17.1. The van der Waals surface area contributed by atoms with E-state index in [1.54, 1.807) is 17.0 Å². The van der Waals surface area contributed by atoms with Crippen molar-refractivity contribution in [2.45, 2.75) is 44.2 Å². The van der Waals surface area contributed by atoms with Gasteiger partial charge in [-0.3, -0.25) is 0 Å². The molecule has 10 heteroatoms. The van der Waals surface area contributed by atoms with Crippen LogP contribution in [-0.4, -0.2) is 42.5 Å². The number of carbonyl (C=O) groups is 1. The minimum atomic E-state index is -4.46. The number of carboxylic acid groups (broad SMARTS) is 1. The Kier molecular flexibility index (Phi) is 6.92. The van der Waals surface area contributed by atoms with Crippen LogP contribution in [0.15, 0.2) is 48.5 Å². The van der Waals surface area contributed by atoms with E-state index in [0.717, 1.165) is 12.1 Å². The molecule has 32 heavy (non-hydrogen) atoms. The number of alkyl halides is 5. The number of rotatable bonds is 8. The first-order valence-corrected chi connectivity index (χ1v) is 9.94. The Morgan fingerprint density at radius 1 is 1.06 bits per heavy atom. The summed E-state index contributed by atoms with van der Waals surface area (Å²) in [6.45, 7) is 1.27. The summed E-state index contributed by atoms with van der Waals surface area (Å²) in [6.07, 6.45) is -8.43. The summed E-state index contributed by atoms with van der Waals surface area (Å²) in [6, 6.07) is 9.69. The molecule has 0 amide bonds. The smallest absolute Gasteiger partial charge is 0.416 e. The van der Waals surface area contributed by atoms with Crippen molar-refractivity contribution in [3.8, 4) is 5.75 Å². The van der Waals surface area contributed by atoms with Crippen LogP contribution in [0.25, 0.3) is 0 Å². The summed E-state index contributed by atoms with van der Waals surface area (Å²) in [5.74, 6) is -0.867. The van der Waals surface area contributed by atoms with Gasteiger partial charge < -0.3 is 19.5 Å². The third-order valence-corrected chi connectivity index (χ3v) is 5.20. The topological polar surface area (TPSA) is 59.0 Å². The highest BCUT2D eigenvalue weighted by molar-refractivity contribution is 5.88. The second-order valence-corrected chi connectivity index (χ2v) is 7.46. The summed E-state index contributed by atoms with van der Waals surface area (Å²) in [5.41, 5.74) is -0.123. The molecule has 1 fully saturated rings. The molecule has 1 N–H and O–H groups in total. The monoisotopic (exact) mass is 459 g/mol. The molecule has 1 saturated heterocycles. The third kappa shape index (κ3) is 5.87. The molecule has 174 valence electrons. The lowest BCUT2D eigenvalue weighted by atomic mass is 10.1. The molecule has 2 atom stereocenters. The molecule has 0 bridgehead atoms. The fourth-order valence-corrected chi connectivity index (χ4v) is 3.46. The molecule has 5 nitrogen and oxygen atoms in total. The highest BCUT2D eigenvalue weighted by Gasteiger charge is 2.37. The summed E-state index contributed by atoms with van der Waals surface area (Å²) in [7, 11) is 0. The third-order valence-electron chi connectivity index (χ3n) is 5.20. The van der Waals surface area contributed by atoms with Crippen LogP contribution < -0.4 is 9.64 Å². The van der Waals surface area contributed by atoms with Gasteiger partial charge in [0.05, 0.1) is 30.3 Å². The molecule has 1 aliphatic heterocycles. The lowest BCUT2D eigenvalue weighted by Gasteiger charge is -2.27. The lowest BCUT2D eigenvalue weighted by molar-refractivity contribution is -0.241. The molecule has 0 aromatic heterocycles. The van der Waals surface area contributed by atoms with Gasteiger partial charge in [0.2, 0.25) is 0 Å². The maximum absolute atomic E-state index is 13.6. The van der Waals surface area contributed by atoms with Crippen LogP contribution in [-0.2, 0) is 10.9 Å². The SMILES string of the molecule is CCC(F)(F)OC[C@@H]1C[C@@H](Oc2ccc(C(F)(F)F)cc2)CN1c1ccc(C(=O)O)cc1. The number of hydrogen-bond acceptors (Lipinski definition) is 4. The van der Waals surface area contributed by atoms with Gasteiger partial charge >= 0.3 is 18.3 Å². The second kappa shape index (κ2) is 9.32. The number of ether oxygens (including phenoxy) is 2. The number of aromatic carboxylic acids is 1. The summed E-state index contributed by atoms with van der Waals surface area (Å²) in [5, 5.41) is 9.06. The van der Waals surface area contributed by atoms with Gasteiger partial charge in [-0.05, 0) is 48.5 Å². The molecular formula is C22H22F5NO4. The Morgan fingerprint density at radius 2 is 1.69 bits per heavy atom. The molecular weight excluding hydrogens is 437 g/mol. The molecule has 2 aromatic rings. The number of carboxylic acids is 1. The molecule has 1 heterocycles. The first kappa shape index (κ1) is 23.8. The van der Waals surface area contributed by atoms with E-state index < -0.39 is 42.4 Å². The average molecular weight is 459 g/mol. The summed E-state index contributed by atoms with van der Waals surface area (Å²) >= 11 is 0. The van der Waals surface area contributed by atoms with Gasteiger partial charge in [0, 0.05) is 18.5 Å². The predicted octanol–water partition coefficient (Wildman–Crippen LogP) is 5.45. The van der Waals surface area contributed by atoms with Crippen LogP contribution in [0.4, 0.5) is 27.6 Å². The quantitative estimate of drug-likeness (QED) is 0.532. The lowest BCUT2D eigenvalue weighted by Crippen LogP contribution is -2.36. The first-order chi connectivity index (χ1) is 15.0. The minimum Gasteiger partial charge on any atom is -0.489 e. The van der Waals surface area contributed by atoms with E-state index in [-0.39, 0.29) is 24.5 Å². The normalized spacial score (nSPS) is 19.2. The molecule has 0 radical (unpaired) electrons. The Balaban J connectivity index is 1.75. The van der Waals surface area contributed by atoms with E-state index in [2.05, 4.69) is 0 Å². The van der Waals surface area contributed by atoms with Crippen molar-refractivity contribution < 1.29 is 41.3 Å². The van der Waals surface area contributed by atoms with Crippen LogP contribution in [0.5, 0.6) is 5.75 Å². The van der Waals surface area contributed by atoms with E-state index in [1.165, 1.54) is 31.2 Å². The van der Waals surface area contributed by atoms with Gasteiger partial charge in [-0.25, -0.2) is 4.79 Å². The summed E-state index contributed by atoms with van der Waals surface area (Å²) < 4.78 is 76.1. The standard InChI is InChI=1S/C22H22F5NO4/c1-2-21(23,24)31-13-17-11-19(32-18-9-5-15(6-10-18)22(25,26)27)12-28(17)16-7-3-14(4-8-16)20(29)30/h3-10,17,19H,2,11-13H2,1H3,(H,29,30)/t17-,19+/m0/s1. The Morgan fingerprint density at radius 3 is 2.22 bits per heavy atom. The van der Waals surface area contributed by atoms with Crippen molar-refractivity contribution in [3.63, 3.8) is 0 Å². The first-order valence-electron chi connectivity index (χ1n) is 9.94. The number of halogens is 5. The molecule has 0 spiro atoms. The van der Waals surface area contributed by atoms with Gasteiger partial charge in [0.25, 0.3) is 0 Å². The number of anilines is 1. The molecule has 2 aromatic carbocycles. The highest BCUT2D eigenvalue weighted by atomic mass is 19.4. The van der Waals surface area contributed by atoms with Gasteiger partial charge in [-0.15, -0.1) is 0 Å². The Bertz CT molecular complexity index is 915. The van der Waals surface area contributed by atoms with Gasteiger partial charge in [0.1, 0.15) is 11.9 Å². The molecule has 0 unspecified atom stereocenters. The van der Waals surface area contributed by atoms with Crippen molar-refractivity contribution >= 4 is 11.7 Å². The predicted molar refractivity (Wildman–Crippen MR) is 106 cm³/mol.